The van der Waals surface area contributed by atoms with E-state index in [4.69, 9.17) is 0 Å². The maximum atomic E-state index is 11.3. The van der Waals surface area contributed by atoms with Gasteiger partial charge in [0, 0.05) is 25.8 Å². The van der Waals surface area contributed by atoms with E-state index in [9.17, 15) is 4.79 Å². The predicted molar refractivity (Wildman–Crippen MR) is 79.6 cm³/mol. The molecule has 5 heteroatoms. The third kappa shape index (κ3) is 5.67. The van der Waals surface area contributed by atoms with Gasteiger partial charge in [-0.2, -0.15) is 0 Å². The highest BCUT2D eigenvalue weighted by atomic mass is 16.5. The van der Waals surface area contributed by atoms with Gasteiger partial charge in [0.25, 0.3) is 0 Å². The molecule has 0 radical (unpaired) electrons. The largest absolute Gasteiger partial charge is 0.465 e. The van der Waals surface area contributed by atoms with Crippen molar-refractivity contribution in [3.63, 3.8) is 0 Å². The van der Waals surface area contributed by atoms with Crippen molar-refractivity contribution < 1.29 is 9.53 Å². The van der Waals surface area contributed by atoms with Crippen molar-refractivity contribution in [3.05, 3.63) is 29.6 Å². The molecule has 1 N–H and O–H groups in total. The zero-order valence-corrected chi connectivity index (χ0v) is 13.1. The highest BCUT2D eigenvalue weighted by Gasteiger charge is 2.18. The summed E-state index contributed by atoms with van der Waals surface area (Å²) in [6, 6.07) is 3.58. The first-order valence-corrected chi connectivity index (χ1v) is 6.73. The topological polar surface area (TPSA) is 54.5 Å². The molecule has 0 fully saturated rings. The van der Waals surface area contributed by atoms with E-state index in [0.717, 1.165) is 18.8 Å². The molecule has 1 aromatic rings. The number of ether oxygens (including phenoxy) is 1. The Kier molecular flexibility index (Phi) is 6.10. The molecule has 1 aromatic heterocycles. The molecular formula is C15H25N3O2. The number of rotatable bonds is 7. The number of methoxy groups -OCH3 is 1. The van der Waals surface area contributed by atoms with Gasteiger partial charge >= 0.3 is 5.97 Å². The Morgan fingerprint density at radius 1 is 1.40 bits per heavy atom. The van der Waals surface area contributed by atoms with E-state index in [1.165, 1.54) is 7.11 Å². The molecule has 0 aliphatic heterocycles. The second-order valence-corrected chi connectivity index (χ2v) is 6.04. The summed E-state index contributed by atoms with van der Waals surface area (Å²) in [7, 11) is 5.52. The third-order valence-electron chi connectivity index (χ3n) is 2.90. The average Bonchev–Trinajstić information content (AvgIpc) is 2.37. The van der Waals surface area contributed by atoms with E-state index < -0.39 is 0 Å². The molecule has 0 amide bonds. The van der Waals surface area contributed by atoms with E-state index in [0.29, 0.717) is 12.1 Å². The molecule has 0 unspecified atom stereocenters. The SMILES string of the molecule is COC(=O)c1ccc(CNCC(C)(C)CN(C)C)nc1. The molecule has 5 nitrogen and oxygen atoms in total. The van der Waals surface area contributed by atoms with Crippen LogP contribution in [0.1, 0.15) is 29.9 Å². The second-order valence-electron chi connectivity index (χ2n) is 6.04. The number of nitrogens with zero attached hydrogens (tertiary/aromatic N) is 2. The van der Waals surface area contributed by atoms with Gasteiger partial charge in [-0.15, -0.1) is 0 Å². The summed E-state index contributed by atoms with van der Waals surface area (Å²) in [4.78, 5) is 17.7. The second kappa shape index (κ2) is 7.36. The highest BCUT2D eigenvalue weighted by molar-refractivity contribution is 5.88. The molecule has 0 aromatic carbocycles. The predicted octanol–water partition coefficient (Wildman–Crippen LogP) is 1.55. The van der Waals surface area contributed by atoms with Crippen LogP contribution in [0.2, 0.25) is 0 Å². The van der Waals surface area contributed by atoms with Gasteiger partial charge in [-0.1, -0.05) is 13.8 Å². The van der Waals surface area contributed by atoms with Gasteiger partial charge in [0.2, 0.25) is 0 Å². The number of aromatic nitrogens is 1. The van der Waals surface area contributed by atoms with Gasteiger partial charge in [0.1, 0.15) is 0 Å². The van der Waals surface area contributed by atoms with Crippen LogP contribution < -0.4 is 5.32 Å². The molecular weight excluding hydrogens is 254 g/mol. The molecule has 0 saturated carbocycles. The van der Waals surface area contributed by atoms with Crippen LogP contribution >= 0.6 is 0 Å². The van der Waals surface area contributed by atoms with Crippen LogP contribution in [-0.4, -0.2) is 50.1 Å². The molecule has 112 valence electrons. The van der Waals surface area contributed by atoms with E-state index in [1.807, 2.05) is 6.07 Å². The maximum Gasteiger partial charge on any atom is 0.339 e. The summed E-state index contributed by atoms with van der Waals surface area (Å²) >= 11 is 0. The Labute approximate surface area is 121 Å². The molecule has 0 spiro atoms. The standard InChI is InChI=1S/C15H25N3O2/c1-15(2,11-18(3)4)10-16-9-13-7-6-12(8-17-13)14(19)20-5/h6-8,16H,9-11H2,1-5H3. The molecule has 0 bridgehead atoms. The minimum absolute atomic E-state index is 0.204. The van der Waals surface area contributed by atoms with Crippen molar-refractivity contribution in [1.82, 2.24) is 15.2 Å². The minimum Gasteiger partial charge on any atom is -0.465 e. The quantitative estimate of drug-likeness (QED) is 0.767. The Balaban J connectivity index is 2.44. The van der Waals surface area contributed by atoms with Gasteiger partial charge in [-0.3, -0.25) is 4.98 Å². The lowest BCUT2D eigenvalue weighted by Crippen LogP contribution is -2.37. The van der Waals surface area contributed by atoms with Crippen molar-refractivity contribution in [2.75, 3.05) is 34.3 Å². The van der Waals surface area contributed by atoms with E-state index in [2.05, 4.69) is 47.9 Å². The fourth-order valence-electron chi connectivity index (χ4n) is 2.21. The lowest BCUT2D eigenvalue weighted by atomic mass is 9.93. The summed E-state index contributed by atoms with van der Waals surface area (Å²) < 4.78 is 4.64. The van der Waals surface area contributed by atoms with Crippen molar-refractivity contribution in [2.24, 2.45) is 5.41 Å². The van der Waals surface area contributed by atoms with E-state index in [1.54, 1.807) is 12.3 Å². The van der Waals surface area contributed by atoms with E-state index >= 15 is 0 Å². The highest BCUT2D eigenvalue weighted by Crippen LogP contribution is 2.14. The van der Waals surface area contributed by atoms with Crippen LogP contribution in [0.3, 0.4) is 0 Å². The summed E-state index contributed by atoms with van der Waals surface area (Å²) in [5.41, 5.74) is 1.60. The average molecular weight is 279 g/mol. The Hall–Kier alpha value is -1.46. The van der Waals surface area contributed by atoms with Crippen molar-refractivity contribution in [2.45, 2.75) is 20.4 Å². The first-order chi connectivity index (χ1) is 9.34. The number of pyridine rings is 1. The first-order valence-electron chi connectivity index (χ1n) is 6.73. The summed E-state index contributed by atoms with van der Waals surface area (Å²) in [5.74, 6) is -0.357. The van der Waals surface area contributed by atoms with Gasteiger partial charge in [0.05, 0.1) is 18.4 Å². The minimum atomic E-state index is -0.357. The maximum absolute atomic E-state index is 11.3. The van der Waals surface area contributed by atoms with Crippen LogP contribution in [0.4, 0.5) is 0 Å². The Morgan fingerprint density at radius 3 is 2.60 bits per heavy atom. The summed E-state index contributed by atoms with van der Waals surface area (Å²) in [6.07, 6.45) is 1.55. The molecule has 0 aliphatic rings. The first kappa shape index (κ1) is 16.6. The lowest BCUT2D eigenvalue weighted by molar-refractivity contribution is 0.0600. The van der Waals surface area contributed by atoms with Gasteiger partial charge in [-0.25, -0.2) is 4.79 Å². The number of esters is 1. The number of carbonyl (C=O) groups is 1. The van der Waals surface area contributed by atoms with Crippen molar-refractivity contribution in [3.8, 4) is 0 Å². The molecule has 0 atom stereocenters. The van der Waals surface area contributed by atoms with Crippen molar-refractivity contribution >= 4 is 5.97 Å². The van der Waals surface area contributed by atoms with Crippen LogP contribution in [0.25, 0.3) is 0 Å². The summed E-state index contributed by atoms with van der Waals surface area (Å²) in [5, 5.41) is 3.40. The van der Waals surface area contributed by atoms with Crippen molar-refractivity contribution in [1.29, 1.82) is 0 Å². The molecule has 0 aliphatic carbocycles. The monoisotopic (exact) mass is 279 g/mol. The van der Waals surface area contributed by atoms with Gasteiger partial charge < -0.3 is 15.0 Å². The fourth-order valence-corrected chi connectivity index (χ4v) is 2.21. The van der Waals surface area contributed by atoms with Gasteiger partial charge in [-0.05, 0) is 31.6 Å². The van der Waals surface area contributed by atoms with Gasteiger partial charge in [0.15, 0.2) is 0 Å². The third-order valence-corrected chi connectivity index (χ3v) is 2.90. The molecule has 1 rings (SSSR count). The van der Waals surface area contributed by atoms with E-state index in [-0.39, 0.29) is 11.4 Å². The lowest BCUT2D eigenvalue weighted by Gasteiger charge is -2.28. The number of nitrogens with one attached hydrogen (secondary N) is 1. The molecule has 1 heterocycles. The number of carbonyl (C=O) groups excluding carboxylic acids is 1. The van der Waals surface area contributed by atoms with Crippen LogP contribution in [-0.2, 0) is 11.3 Å². The molecule has 0 saturated heterocycles. The summed E-state index contributed by atoms with van der Waals surface area (Å²) in [6.45, 7) is 7.08. The number of hydrogen-bond donors (Lipinski definition) is 1. The zero-order valence-electron chi connectivity index (χ0n) is 13.1. The Morgan fingerprint density at radius 2 is 2.10 bits per heavy atom. The Bertz CT molecular complexity index is 427. The number of hydrogen-bond acceptors (Lipinski definition) is 5. The zero-order chi connectivity index (χ0) is 15.2. The normalized spacial score (nSPS) is 11.7. The molecule has 20 heavy (non-hydrogen) atoms. The van der Waals surface area contributed by atoms with Crippen LogP contribution in [0.5, 0.6) is 0 Å². The fraction of sp³-hybridized carbons (Fsp3) is 0.600. The van der Waals surface area contributed by atoms with Crippen LogP contribution in [0, 0.1) is 5.41 Å². The smallest absolute Gasteiger partial charge is 0.339 e. The van der Waals surface area contributed by atoms with Crippen LogP contribution in [0.15, 0.2) is 18.3 Å².